The number of halogens is 1. The molecule has 0 heterocycles. The Bertz CT molecular complexity index is 408. The average molecular weight is 290 g/mol. The number of hydrogen-bond donors (Lipinski definition) is 3. The molecule has 0 aliphatic rings. The summed E-state index contributed by atoms with van der Waals surface area (Å²) >= 11 is 3.22. The maximum absolute atomic E-state index is 10.9. The number of aliphatic carboxylic acids is 1. The Hall–Kier alpha value is -1.27. The van der Waals surface area contributed by atoms with Gasteiger partial charge in [-0.05, 0) is 17.7 Å². The number of hydrogen-bond acceptors (Lipinski definition) is 4. The molecule has 1 unspecified atom stereocenters. The largest absolute Gasteiger partial charge is 0.504 e. The van der Waals surface area contributed by atoms with Crippen LogP contribution in [0, 0.1) is 0 Å². The van der Waals surface area contributed by atoms with Crippen LogP contribution >= 0.6 is 15.9 Å². The molecule has 0 saturated heterocycles. The average Bonchev–Trinajstić information content (AvgIpc) is 2.23. The van der Waals surface area contributed by atoms with Gasteiger partial charge in [-0.3, -0.25) is 4.79 Å². The summed E-state index contributed by atoms with van der Waals surface area (Å²) in [6, 6.07) is 2.85. The van der Waals surface area contributed by atoms with E-state index in [1.54, 1.807) is 0 Å². The molecule has 0 aliphatic carbocycles. The van der Waals surface area contributed by atoms with Gasteiger partial charge < -0.3 is 20.7 Å². The van der Waals surface area contributed by atoms with Crippen LogP contribution in [0.1, 0.15) is 11.5 Å². The van der Waals surface area contributed by atoms with Crippen LogP contribution in [0.25, 0.3) is 0 Å². The molecule has 0 radical (unpaired) electrons. The van der Waals surface area contributed by atoms with E-state index in [4.69, 9.17) is 15.6 Å². The van der Waals surface area contributed by atoms with Crippen molar-refractivity contribution in [2.75, 3.05) is 13.7 Å². The number of carboxylic acid groups (broad SMARTS) is 1. The molecule has 0 amide bonds. The molecule has 88 valence electrons. The number of ether oxygens (including phenoxy) is 1. The fourth-order valence-electron chi connectivity index (χ4n) is 1.35. The third-order valence-corrected chi connectivity index (χ3v) is 2.89. The first-order valence-corrected chi connectivity index (χ1v) is 5.29. The maximum atomic E-state index is 10.9. The lowest BCUT2D eigenvalue weighted by Gasteiger charge is -2.14. The Morgan fingerprint density at radius 3 is 2.69 bits per heavy atom. The van der Waals surface area contributed by atoms with Gasteiger partial charge in [0.2, 0.25) is 0 Å². The van der Waals surface area contributed by atoms with E-state index in [-0.39, 0.29) is 18.0 Å². The lowest BCUT2D eigenvalue weighted by atomic mass is 9.99. The zero-order chi connectivity index (χ0) is 12.3. The summed E-state index contributed by atoms with van der Waals surface area (Å²) in [6.07, 6.45) is 0. The summed E-state index contributed by atoms with van der Waals surface area (Å²) in [4.78, 5) is 10.9. The second-order valence-electron chi connectivity index (χ2n) is 3.17. The maximum Gasteiger partial charge on any atom is 0.312 e. The zero-order valence-electron chi connectivity index (χ0n) is 8.61. The molecule has 0 bridgehead atoms. The third kappa shape index (κ3) is 2.45. The molecule has 16 heavy (non-hydrogen) atoms. The van der Waals surface area contributed by atoms with Gasteiger partial charge in [-0.15, -0.1) is 0 Å². The molecule has 0 fully saturated rings. The lowest BCUT2D eigenvalue weighted by Crippen LogP contribution is -2.21. The van der Waals surface area contributed by atoms with E-state index < -0.39 is 11.9 Å². The van der Waals surface area contributed by atoms with Gasteiger partial charge in [0.05, 0.1) is 13.0 Å². The highest BCUT2D eigenvalue weighted by Crippen LogP contribution is 2.35. The highest BCUT2D eigenvalue weighted by molar-refractivity contribution is 9.10. The predicted octanol–water partition coefficient (Wildman–Crippen LogP) is 1.29. The number of phenols is 1. The minimum Gasteiger partial charge on any atom is -0.504 e. The second kappa shape index (κ2) is 5.18. The van der Waals surface area contributed by atoms with Gasteiger partial charge in [0.25, 0.3) is 0 Å². The third-order valence-electron chi connectivity index (χ3n) is 2.21. The Balaban J connectivity index is 3.24. The van der Waals surface area contributed by atoms with Crippen molar-refractivity contribution < 1.29 is 19.7 Å². The van der Waals surface area contributed by atoms with Crippen LogP contribution in [0.2, 0.25) is 0 Å². The van der Waals surface area contributed by atoms with Gasteiger partial charge >= 0.3 is 5.97 Å². The number of benzene rings is 1. The number of carbonyl (C=O) groups is 1. The molecular weight excluding hydrogens is 278 g/mol. The van der Waals surface area contributed by atoms with Gasteiger partial charge in [0, 0.05) is 11.0 Å². The number of methoxy groups -OCH3 is 1. The van der Waals surface area contributed by atoms with E-state index in [1.165, 1.54) is 19.2 Å². The first kappa shape index (κ1) is 12.8. The standard InChI is InChI=1S/C10H12BrNO4/c1-16-9-3-7(11)5(2-8(9)13)6(4-12)10(14)15/h2-3,6,13H,4,12H2,1H3,(H,14,15). The van der Waals surface area contributed by atoms with Gasteiger partial charge in [-0.2, -0.15) is 0 Å². The predicted molar refractivity (Wildman–Crippen MR) is 61.8 cm³/mol. The van der Waals surface area contributed by atoms with Crippen molar-refractivity contribution in [2.45, 2.75) is 5.92 Å². The summed E-state index contributed by atoms with van der Waals surface area (Å²) in [5, 5.41) is 18.5. The molecule has 0 aliphatic heterocycles. The van der Waals surface area contributed by atoms with Crippen LogP contribution in [0.5, 0.6) is 11.5 Å². The molecule has 0 saturated carbocycles. The number of carboxylic acids is 1. The van der Waals surface area contributed by atoms with E-state index in [0.29, 0.717) is 10.0 Å². The molecule has 5 nitrogen and oxygen atoms in total. The van der Waals surface area contributed by atoms with Gasteiger partial charge in [0.15, 0.2) is 11.5 Å². The Morgan fingerprint density at radius 2 is 2.25 bits per heavy atom. The summed E-state index contributed by atoms with van der Waals surface area (Å²) in [5.74, 6) is -1.73. The Labute approximate surface area is 101 Å². The molecule has 6 heteroatoms. The van der Waals surface area contributed by atoms with Crippen molar-refractivity contribution in [2.24, 2.45) is 5.73 Å². The smallest absolute Gasteiger partial charge is 0.312 e. The number of nitrogens with two attached hydrogens (primary N) is 1. The summed E-state index contributed by atoms with van der Waals surface area (Å²) < 4.78 is 5.44. The van der Waals surface area contributed by atoms with Crippen LogP contribution in [0.3, 0.4) is 0 Å². The van der Waals surface area contributed by atoms with Crippen LogP contribution in [0.4, 0.5) is 0 Å². The monoisotopic (exact) mass is 289 g/mol. The number of aromatic hydroxyl groups is 1. The van der Waals surface area contributed by atoms with Crippen molar-refractivity contribution in [3.05, 3.63) is 22.2 Å². The van der Waals surface area contributed by atoms with E-state index in [0.717, 1.165) is 0 Å². The molecule has 0 aromatic heterocycles. The van der Waals surface area contributed by atoms with Crippen LogP contribution in [-0.4, -0.2) is 29.8 Å². The molecule has 1 rings (SSSR count). The van der Waals surface area contributed by atoms with Crippen LogP contribution in [-0.2, 0) is 4.79 Å². The Kier molecular flexibility index (Phi) is 4.14. The quantitative estimate of drug-likeness (QED) is 0.777. The van der Waals surface area contributed by atoms with E-state index in [2.05, 4.69) is 15.9 Å². The Morgan fingerprint density at radius 1 is 1.62 bits per heavy atom. The van der Waals surface area contributed by atoms with Gasteiger partial charge in [0.1, 0.15) is 0 Å². The molecule has 0 spiro atoms. The minimum atomic E-state index is -1.03. The lowest BCUT2D eigenvalue weighted by molar-refractivity contribution is -0.138. The van der Waals surface area contributed by atoms with E-state index in [9.17, 15) is 9.90 Å². The second-order valence-corrected chi connectivity index (χ2v) is 4.03. The first-order valence-electron chi connectivity index (χ1n) is 4.50. The van der Waals surface area contributed by atoms with Crippen molar-refractivity contribution in [1.29, 1.82) is 0 Å². The molecular formula is C10H12BrNO4. The zero-order valence-corrected chi connectivity index (χ0v) is 10.2. The summed E-state index contributed by atoms with van der Waals surface area (Å²) in [6.45, 7) is -0.0420. The minimum absolute atomic E-state index is 0.0420. The van der Waals surface area contributed by atoms with E-state index in [1.807, 2.05) is 0 Å². The van der Waals surface area contributed by atoms with Gasteiger partial charge in [-0.25, -0.2) is 0 Å². The highest BCUT2D eigenvalue weighted by atomic mass is 79.9. The van der Waals surface area contributed by atoms with Crippen molar-refractivity contribution in [1.82, 2.24) is 0 Å². The summed E-state index contributed by atoms with van der Waals surface area (Å²) in [5.41, 5.74) is 5.81. The van der Waals surface area contributed by atoms with Crippen molar-refractivity contribution >= 4 is 21.9 Å². The molecule has 4 N–H and O–H groups in total. The fraction of sp³-hybridized carbons (Fsp3) is 0.300. The number of phenolic OH excluding ortho intramolecular Hbond substituents is 1. The van der Waals surface area contributed by atoms with Crippen molar-refractivity contribution in [3.63, 3.8) is 0 Å². The van der Waals surface area contributed by atoms with Crippen molar-refractivity contribution in [3.8, 4) is 11.5 Å². The summed E-state index contributed by atoms with van der Waals surface area (Å²) in [7, 11) is 1.42. The first-order chi connectivity index (χ1) is 7.51. The normalized spacial score (nSPS) is 12.2. The van der Waals surface area contributed by atoms with E-state index >= 15 is 0 Å². The highest BCUT2D eigenvalue weighted by Gasteiger charge is 2.22. The SMILES string of the molecule is COc1cc(Br)c(C(CN)C(=O)O)cc1O. The molecule has 1 atom stereocenters. The number of rotatable bonds is 4. The van der Waals surface area contributed by atoms with Gasteiger partial charge in [-0.1, -0.05) is 15.9 Å². The molecule has 1 aromatic carbocycles. The van der Waals surface area contributed by atoms with Crippen LogP contribution in [0.15, 0.2) is 16.6 Å². The van der Waals surface area contributed by atoms with Crippen LogP contribution < -0.4 is 10.5 Å². The fourth-order valence-corrected chi connectivity index (χ4v) is 1.95. The topological polar surface area (TPSA) is 92.8 Å². The molecule has 1 aromatic rings.